The second kappa shape index (κ2) is 7.39. The molecule has 3 heterocycles. The molecule has 3 aromatic heterocycles. The minimum Gasteiger partial charge on any atom is -0.422 e. The third kappa shape index (κ3) is 3.63. The lowest BCUT2D eigenvalue weighted by atomic mass is 10.1. The first-order valence-electron chi connectivity index (χ1n) is 8.57. The number of rotatable bonds is 6. The summed E-state index contributed by atoms with van der Waals surface area (Å²) in [6.07, 6.45) is 2.35. The Hall–Kier alpha value is -3.89. The van der Waals surface area contributed by atoms with Crippen molar-refractivity contribution in [2.75, 3.05) is 5.32 Å². The molecule has 0 aliphatic carbocycles. The van der Waals surface area contributed by atoms with Crippen molar-refractivity contribution in [2.45, 2.75) is 26.7 Å². The summed E-state index contributed by atoms with van der Waals surface area (Å²) in [5, 5.41) is 20.2. The SMILES string of the molecule is Cc1nc2ncnn2c(C)c1CCC(=O)Nc1ccc(Oc2nn[nH]n2)cc1. The molecule has 0 atom stereocenters. The van der Waals surface area contributed by atoms with Gasteiger partial charge in [0.05, 0.1) is 0 Å². The van der Waals surface area contributed by atoms with Crippen molar-refractivity contribution in [1.29, 1.82) is 0 Å². The Balaban J connectivity index is 1.37. The van der Waals surface area contributed by atoms with Gasteiger partial charge in [0.15, 0.2) is 0 Å². The van der Waals surface area contributed by atoms with Crippen molar-refractivity contribution in [3.8, 4) is 11.8 Å². The molecule has 0 unspecified atom stereocenters. The van der Waals surface area contributed by atoms with Crippen LogP contribution >= 0.6 is 0 Å². The molecule has 1 amide bonds. The fourth-order valence-electron chi connectivity index (χ4n) is 2.89. The maximum atomic E-state index is 12.3. The number of nitrogens with zero attached hydrogens (tertiary/aromatic N) is 7. The van der Waals surface area contributed by atoms with E-state index >= 15 is 0 Å². The van der Waals surface area contributed by atoms with Crippen molar-refractivity contribution >= 4 is 17.4 Å². The number of aryl methyl sites for hydroxylation is 2. The lowest BCUT2D eigenvalue weighted by Crippen LogP contribution is -2.14. The third-order valence-corrected chi connectivity index (χ3v) is 4.26. The number of nitrogens with one attached hydrogen (secondary N) is 2. The molecule has 0 radical (unpaired) electrons. The second-order valence-corrected chi connectivity index (χ2v) is 6.10. The lowest BCUT2D eigenvalue weighted by molar-refractivity contribution is -0.116. The van der Waals surface area contributed by atoms with Gasteiger partial charge in [-0.05, 0) is 55.3 Å². The summed E-state index contributed by atoms with van der Waals surface area (Å²) in [5.74, 6) is 1.01. The molecule has 0 aliphatic heterocycles. The maximum absolute atomic E-state index is 12.3. The largest absolute Gasteiger partial charge is 0.422 e. The van der Waals surface area contributed by atoms with Crippen molar-refractivity contribution in [3.63, 3.8) is 0 Å². The molecule has 2 N–H and O–H groups in total. The number of aromatic amines is 1. The highest BCUT2D eigenvalue weighted by Crippen LogP contribution is 2.20. The van der Waals surface area contributed by atoms with E-state index in [1.54, 1.807) is 28.8 Å². The molecular weight excluding hydrogens is 362 g/mol. The number of benzene rings is 1. The van der Waals surface area contributed by atoms with Gasteiger partial charge in [-0.25, -0.2) is 9.50 Å². The standard InChI is InChI=1S/C17H17N9O2/c1-10-14(11(2)26-16(20-10)18-9-19-26)7-8-15(27)21-12-3-5-13(6-4-12)28-17-22-24-25-23-17/h3-6,9H,7-8H2,1-2H3,(H,21,27)(H,22,23,24,25). The highest BCUT2D eigenvalue weighted by Gasteiger charge is 2.13. The molecule has 0 saturated heterocycles. The number of anilines is 1. The van der Waals surface area contributed by atoms with Crippen LogP contribution in [0.25, 0.3) is 5.78 Å². The topological polar surface area (TPSA) is 136 Å². The zero-order valence-corrected chi connectivity index (χ0v) is 15.2. The van der Waals surface area contributed by atoms with E-state index in [0.717, 1.165) is 17.0 Å². The highest BCUT2D eigenvalue weighted by atomic mass is 16.5. The smallest absolute Gasteiger partial charge is 0.361 e. The highest BCUT2D eigenvalue weighted by molar-refractivity contribution is 5.90. The zero-order valence-electron chi connectivity index (χ0n) is 15.2. The van der Waals surface area contributed by atoms with Crippen LogP contribution in [-0.2, 0) is 11.2 Å². The summed E-state index contributed by atoms with van der Waals surface area (Å²) in [5.41, 5.74) is 3.46. The van der Waals surface area contributed by atoms with Crippen LogP contribution in [0.3, 0.4) is 0 Å². The number of fused-ring (bicyclic) bond motifs is 1. The minimum atomic E-state index is -0.0932. The number of carbonyl (C=O) groups is 1. The van der Waals surface area contributed by atoms with Gasteiger partial charge in [0.1, 0.15) is 12.1 Å². The monoisotopic (exact) mass is 379 g/mol. The van der Waals surface area contributed by atoms with Gasteiger partial charge >= 0.3 is 6.01 Å². The number of hydrogen-bond donors (Lipinski definition) is 2. The molecule has 0 aliphatic rings. The Morgan fingerprint density at radius 3 is 2.82 bits per heavy atom. The van der Waals surface area contributed by atoms with Crippen LogP contribution in [0.15, 0.2) is 30.6 Å². The van der Waals surface area contributed by atoms with Gasteiger partial charge in [-0.15, -0.1) is 0 Å². The Morgan fingerprint density at radius 1 is 1.25 bits per heavy atom. The molecule has 4 rings (SSSR count). The predicted molar refractivity (Wildman–Crippen MR) is 97.9 cm³/mol. The quantitative estimate of drug-likeness (QED) is 0.516. The number of carbonyl (C=O) groups excluding carboxylic acids is 1. The molecule has 142 valence electrons. The van der Waals surface area contributed by atoms with Gasteiger partial charge in [0.2, 0.25) is 5.91 Å². The van der Waals surface area contributed by atoms with E-state index in [0.29, 0.717) is 30.1 Å². The molecule has 1 aromatic carbocycles. The van der Waals surface area contributed by atoms with E-state index in [-0.39, 0.29) is 11.9 Å². The molecule has 11 heteroatoms. The number of tetrazole rings is 1. The average Bonchev–Trinajstić information content (AvgIpc) is 3.35. The molecule has 11 nitrogen and oxygen atoms in total. The van der Waals surface area contributed by atoms with Crippen LogP contribution in [0.2, 0.25) is 0 Å². The predicted octanol–water partition coefficient (Wildman–Crippen LogP) is 1.62. The van der Waals surface area contributed by atoms with Crippen LogP contribution in [0.5, 0.6) is 11.8 Å². The molecule has 28 heavy (non-hydrogen) atoms. The first-order valence-corrected chi connectivity index (χ1v) is 8.57. The third-order valence-electron chi connectivity index (χ3n) is 4.26. The first kappa shape index (κ1) is 17.5. The molecule has 0 saturated carbocycles. The summed E-state index contributed by atoms with van der Waals surface area (Å²) < 4.78 is 7.07. The van der Waals surface area contributed by atoms with Gasteiger partial charge < -0.3 is 10.1 Å². The van der Waals surface area contributed by atoms with E-state index in [4.69, 9.17) is 4.74 Å². The number of amides is 1. The number of aromatic nitrogens is 8. The second-order valence-electron chi connectivity index (χ2n) is 6.10. The normalized spacial score (nSPS) is 10.9. The van der Waals surface area contributed by atoms with Gasteiger partial charge in [-0.1, -0.05) is 10.2 Å². The Kier molecular flexibility index (Phi) is 4.62. The van der Waals surface area contributed by atoms with Gasteiger partial charge in [-0.2, -0.15) is 15.3 Å². The fraction of sp³-hybridized carbons (Fsp3) is 0.235. The van der Waals surface area contributed by atoms with Crippen molar-refractivity contribution in [3.05, 3.63) is 47.5 Å². The van der Waals surface area contributed by atoms with E-state index in [1.807, 2.05) is 13.8 Å². The average molecular weight is 379 g/mol. The van der Waals surface area contributed by atoms with E-state index < -0.39 is 0 Å². The van der Waals surface area contributed by atoms with Crippen LogP contribution in [-0.4, -0.2) is 46.1 Å². The Morgan fingerprint density at radius 2 is 2.07 bits per heavy atom. The van der Waals surface area contributed by atoms with E-state index in [1.165, 1.54) is 6.33 Å². The van der Waals surface area contributed by atoms with Crippen molar-refractivity contribution in [2.24, 2.45) is 0 Å². The van der Waals surface area contributed by atoms with Crippen LogP contribution in [0.4, 0.5) is 5.69 Å². The first-order chi connectivity index (χ1) is 13.6. The molecule has 0 bridgehead atoms. The summed E-state index contributed by atoms with van der Waals surface area (Å²) in [7, 11) is 0. The van der Waals surface area contributed by atoms with E-state index in [2.05, 4.69) is 41.0 Å². The summed E-state index contributed by atoms with van der Waals surface area (Å²) in [4.78, 5) is 20.9. The van der Waals surface area contributed by atoms with Crippen LogP contribution < -0.4 is 10.1 Å². The van der Waals surface area contributed by atoms with Crippen LogP contribution in [0, 0.1) is 13.8 Å². The fourth-order valence-corrected chi connectivity index (χ4v) is 2.89. The minimum absolute atomic E-state index is 0.0932. The number of H-pyrrole nitrogens is 1. The summed E-state index contributed by atoms with van der Waals surface area (Å²) >= 11 is 0. The summed E-state index contributed by atoms with van der Waals surface area (Å²) in [6.45, 7) is 3.86. The zero-order chi connectivity index (χ0) is 19.5. The van der Waals surface area contributed by atoms with Crippen molar-refractivity contribution in [1.82, 2.24) is 40.2 Å². The lowest BCUT2D eigenvalue weighted by Gasteiger charge is -2.11. The maximum Gasteiger partial charge on any atom is 0.361 e. The van der Waals surface area contributed by atoms with E-state index in [9.17, 15) is 4.79 Å². The molecule has 0 fully saturated rings. The molecular formula is C17H17N9O2. The Bertz CT molecular complexity index is 1100. The van der Waals surface area contributed by atoms with Crippen LogP contribution in [0.1, 0.15) is 23.4 Å². The number of ether oxygens (including phenoxy) is 1. The number of hydrogen-bond acceptors (Lipinski definition) is 8. The van der Waals surface area contributed by atoms with Crippen molar-refractivity contribution < 1.29 is 9.53 Å². The summed E-state index contributed by atoms with van der Waals surface area (Å²) in [6, 6.07) is 7.03. The molecule has 4 aromatic rings. The van der Waals surface area contributed by atoms with Gasteiger partial charge in [0.25, 0.3) is 5.78 Å². The van der Waals surface area contributed by atoms with Gasteiger partial charge in [0, 0.05) is 23.5 Å². The molecule has 0 spiro atoms. The Labute approximate surface area is 159 Å². The van der Waals surface area contributed by atoms with Gasteiger partial charge in [-0.3, -0.25) is 4.79 Å².